The van der Waals surface area contributed by atoms with Crippen LogP contribution in [0.4, 0.5) is 0 Å². The highest BCUT2D eigenvalue weighted by molar-refractivity contribution is 5.13. The quantitative estimate of drug-likeness (QED) is 0.876. The number of rotatable bonds is 6. The Balaban J connectivity index is 1.86. The third-order valence-corrected chi connectivity index (χ3v) is 4.27. The summed E-state index contributed by atoms with van der Waals surface area (Å²) >= 11 is 0. The second-order valence-electron chi connectivity index (χ2n) is 5.71. The molecule has 5 atom stereocenters. The summed E-state index contributed by atoms with van der Waals surface area (Å²) in [6, 6.07) is 10.1. The Morgan fingerprint density at radius 2 is 1.86 bits per heavy atom. The lowest BCUT2D eigenvalue weighted by molar-refractivity contribution is -0.276. The molecule has 0 bridgehead atoms. The van der Waals surface area contributed by atoms with Gasteiger partial charge in [-0.25, -0.2) is 0 Å². The average Bonchev–Trinajstić information content (AvgIpc) is 2.51. The van der Waals surface area contributed by atoms with Crippen molar-refractivity contribution in [1.82, 2.24) is 0 Å². The summed E-state index contributed by atoms with van der Waals surface area (Å²) in [4.78, 5) is 0. The van der Waals surface area contributed by atoms with Crippen molar-refractivity contribution in [3.8, 4) is 0 Å². The molecule has 0 amide bonds. The van der Waals surface area contributed by atoms with Crippen molar-refractivity contribution in [2.24, 2.45) is 11.8 Å². The molecule has 1 heterocycles. The lowest BCUT2D eigenvalue weighted by Crippen LogP contribution is -2.51. The van der Waals surface area contributed by atoms with Crippen molar-refractivity contribution in [2.75, 3.05) is 13.2 Å². The van der Waals surface area contributed by atoms with Gasteiger partial charge in [0.25, 0.3) is 0 Å². The molecule has 1 aromatic carbocycles. The van der Waals surface area contributed by atoms with Gasteiger partial charge in [0, 0.05) is 6.61 Å². The van der Waals surface area contributed by atoms with Crippen molar-refractivity contribution >= 4 is 0 Å². The Kier molecular flexibility index (Phi) is 6.18. The van der Waals surface area contributed by atoms with Gasteiger partial charge in [0.15, 0.2) is 6.29 Å². The first kappa shape index (κ1) is 16.4. The number of aliphatic hydroxyl groups is 1. The van der Waals surface area contributed by atoms with Gasteiger partial charge < -0.3 is 19.3 Å². The van der Waals surface area contributed by atoms with Crippen molar-refractivity contribution in [1.29, 1.82) is 0 Å². The van der Waals surface area contributed by atoms with Gasteiger partial charge in [-0.15, -0.1) is 0 Å². The molecule has 1 fully saturated rings. The van der Waals surface area contributed by atoms with Crippen LogP contribution in [-0.4, -0.2) is 36.8 Å². The van der Waals surface area contributed by atoms with Crippen LogP contribution in [0.25, 0.3) is 0 Å². The van der Waals surface area contributed by atoms with Gasteiger partial charge in [0.1, 0.15) is 6.10 Å². The minimum absolute atomic E-state index is 0.0522. The summed E-state index contributed by atoms with van der Waals surface area (Å²) in [5, 5.41) is 10.2. The molecular formula is C17H26O4. The third-order valence-electron chi connectivity index (χ3n) is 4.27. The topological polar surface area (TPSA) is 47.9 Å². The molecule has 1 saturated heterocycles. The first-order valence-electron chi connectivity index (χ1n) is 7.70. The molecule has 118 valence electrons. The van der Waals surface area contributed by atoms with Gasteiger partial charge in [0.2, 0.25) is 0 Å². The summed E-state index contributed by atoms with van der Waals surface area (Å²) in [6.45, 7) is 7.64. The number of hydrogen-bond donors (Lipinski definition) is 1. The highest BCUT2D eigenvalue weighted by Crippen LogP contribution is 2.31. The van der Waals surface area contributed by atoms with Gasteiger partial charge in [-0.05, 0) is 24.3 Å². The first-order chi connectivity index (χ1) is 10.1. The first-order valence-corrected chi connectivity index (χ1v) is 7.70. The molecule has 1 aliphatic heterocycles. The Bertz CT molecular complexity index is 409. The van der Waals surface area contributed by atoms with E-state index in [9.17, 15) is 5.11 Å². The maximum atomic E-state index is 10.2. The Morgan fingerprint density at radius 3 is 2.52 bits per heavy atom. The van der Waals surface area contributed by atoms with Crippen LogP contribution in [0.5, 0.6) is 0 Å². The maximum absolute atomic E-state index is 10.2. The minimum atomic E-state index is -0.578. The van der Waals surface area contributed by atoms with Gasteiger partial charge in [-0.3, -0.25) is 0 Å². The van der Waals surface area contributed by atoms with Crippen molar-refractivity contribution in [3.05, 3.63) is 35.9 Å². The van der Waals surface area contributed by atoms with E-state index in [1.807, 2.05) is 44.2 Å². The molecule has 2 unspecified atom stereocenters. The monoisotopic (exact) mass is 294 g/mol. The van der Waals surface area contributed by atoms with Crippen LogP contribution in [0, 0.1) is 11.8 Å². The van der Waals surface area contributed by atoms with Crippen molar-refractivity contribution in [2.45, 2.75) is 45.9 Å². The molecule has 0 aromatic heterocycles. The number of hydrogen-bond acceptors (Lipinski definition) is 4. The number of ether oxygens (including phenoxy) is 3. The van der Waals surface area contributed by atoms with E-state index in [2.05, 4.69) is 6.92 Å². The fourth-order valence-corrected chi connectivity index (χ4v) is 2.63. The zero-order valence-corrected chi connectivity index (χ0v) is 13.1. The summed E-state index contributed by atoms with van der Waals surface area (Å²) < 4.78 is 17.1. The van der Waals surface area contributed by atoms with Crippen LogP contribution in [-0.2, 0) is 20.8 Å². The number of aliphatic hydroxyl groups excluding tert-OH is 1. The second kappa shape index (κ2) is 7.90. The molecule has 1 N–H and O–H groups in total. The van der Waals surface area contributed by atoms with E-state index < -0.39 is 12.4 Å². The van der Waals surface area contributed by atoms with Crippen molar-refractivity contribution in [3.63, 3.8) is 0 Å². The van der Waals surface area contributed by atoms with Gasteiger partial charge in [-0.2, -0.15) is 0 Å². The molecule has 4 heteroatoms. The molecule has 1 aliphatic rings. The molecule has 0 saturated carbocycles. The Morgan fingerprint density at radius 1 is 1.14 bits per heavy atom. The van der Waals surface area contributed by atoms with E-state index in [0.717, 1.165) is 5.56 Å². The van der Waals surface area contributed by atoms with Crippen LogP contribution in [0.1, 0.15) is 26.3 Å². The predicted molar refractivity (Wildman–Crippen MR) is 80.7 cm³/mol. The number of benzene rings is 1. The van der Waals surface area contributed by atoms with Crippen LogP contribution in [0.2, 0.25) is 0 Å². The lowest BCUT2D eigenvalue weighted by atomic mass is 9.84. The van der Waals surface area contributed by atoms with Crippen LogP contribution < -0.4 is 0 Å². The highest BCUT2D eigenvalue weighted by atomic mass is 16.7. The predicted octanol–water partition coefficient (Wildman–Crippen LogP) is 2.60. The standard InChI is InChI=1S/C17H26O4/c1-4-20-17-16(18)13(3)12(2)15(21-17)11-19-10-14-8-6-5-7-9-14/h5-9,12-13,15-18H,4,10-11H2,1-3H3/t12-,13-,15?,16?,17-/m0/s1. The Hall–Kier alpha value is -0.940. The van der Waals surface area contributed by atoms with E-state index in [-0.39, 0.29) is 17.9 Å². The molecular weight excluding hydrogens is 268 g/mol. The summed E-state index contributed by atoms with van der Waals surface area (Å²) in [7, 11) is 0. The molecule has 1 aromatic rings. The van der Waals surface area contributed by atoms with E-state index in [1.165, 1.54) is 0 Å². The molecule has 2 rings (SSSR count). The van der Waals surface area contributed by atoms with Crippen LogP contribution in [0.15, 0.2) is 30.3 Å². The molecule has 0 spiro atoms. The van der Waals surface area contributed by atoms with Crippen molar-refractivity contribution < 1.29 is 19.3 Å². The molecule has 0 aliphatic carbocycles. The average molecular weight is 294 g/mol. The second-order valence-corrected chi connectivity index (χ2v) is 5.71. The SMILES string of the molecule is CCO[C@H]1OC(COCc2ccccc2)[C@@H](C)[C@H](C)C1O. The zero-order valence-electron chi connectivity index (χ0n) is 13.1. The summed E-state index contributed by atoms with van der Waals surface area (Å²) in [6.07, 6.45) is -1.18. The highest BCUT2D eigenvalue weighted by Gasteiger charge is 2.40. The molecule has 0 radical (unpaired) electrons. The fourth-order valence-electron chi connectivity index (χ4n) is 2.63. The minimum Gasteiger partial charge on any atom is -0.388 e. The normalized spacial score (nSPS) is 33.0. The van der Waals surface area contributed by atoms with Gasteiger partial charge >= 0.3 is 0 Å². The van der Waals surface area contributed by atoms with E-state index >= 15 is 0 Å². The Labute approximate surface area is 127 Å². The smallest absolute Gasteiger partial charge is 0.184 e. The van der Waals surface area contributed by atoms with Crippen LogP contribution in [0.3, 0.4) is 0 Å². The largest absolute Gasteiger partial charge is 0.388 e. The van der Waals surface area contributed by atoms with Gasteiger partial charge in [-0.1, -0.05) is 44.2 Å². The summed E-state index contributed by atoms with van der Waals surface area (Å²) in [5.41, 5.74) is 1.15. The maximum Gasteiger partial charge on any atom is 0.184 e. The zero-order chi connectivity index (χ0) is 15.2. The van der Waals surface area contributed by atoms with E-state index in [1.54, 1.807) is 0 Å². The van der Waals surface area contributed by atoms with E-state index in [4.69, 9.17) is 14.2 Å². The van der Waals surface area contributed by atoms with E-state index in [0.29, 0.717) is 19.8 Å². The molecule has 4 nitrogen and oxygen atoms in total. The van der Waals surface area contributed by atoms with Gasteiger partial charge in [0.05, 0.1) is 19.3 Å². The lowest BCUT2D eigenvalue weighted by Gasteiger charge is -2.42. The molecule has 21 heavy (non-hydrogen) atoms. The summed E-state index contributed by atoms with van der Waals surface area (Å²) in [5.74, 6) is 0.355. The fraction of sp³-hybridized carbons (Fsp3) is 0.647. The van der Waals surface area contributed by atoms with Crippen LogP contribution >= 0.6 is 0 Å². The third kappa shape index (κ3) is 4.27.